The standard InChI is InChI=1S/C14H14N4O2S/c1-9-5-6-11(10(2)14(9)16)18-21(19,20)13-4-3-7-17-12(13)8-15/h3-7,18H,16H2,1-2H3. The van der Waals surface area contributed by atoms with Crippen molar-refractivity contribution in [2.75, 3.05) is 10.5 Å². The first-order valence-electron chi connectivity index (χ1n) is 6.10. The van der Waals surface area contributed by atoms with E-state index in [0.717, 1.165) is 5.56 Å². The van der Waals surface area contributed by atoms with Crippen LogP contribution in [0.15, 0.2) is 35.4 Å². The quantitative estimate of drug-likeness (QED) is 0.842. The van der Waals surface area contributed by atoms with Gasteiger partial charge in [-0.2, -0.15) is 5.26 Å². The molecule has 0 unspecified atom stereocenters. The van der Waals surface area contributed by atoms with Gasteiger partial charge in [0, 0.05) is 11.9 Å². The molecule has 0 aliphatic rings. The van der Waals surface area contributed by atoms with Crippen LogP contribution in [-0.2, 0) is 10.0 Å². The van der Waals surface area contributed by atoms with E-state index in [2.05, 4.69) is 9.71 Å². The first-order valence-corrected chi connectivity index (χ1v) is 7.58. The third-order valence-electron chi connectivity index (χ3n) is 3.14. The van der Waals surface area contributed by atoms with E-state index in [1.807, 2.05) is 6.92 Å². The lowest BCUT2D eigenvalue weighted by molar-refractivity contribution is 0.600. The second-order valence-electron chi connectivity index (χ2n) is 4.54. The Kier molecular flexibility index (Phi) is 3.82. The van der Waals surface area contributed by atoms with Gasteiger partial charge in [0.25, 0.3) is 10.0 Å². The highest BCUT2D eigenvalue weighted by Gasteiger charge is 2.20. The summed E-state index contributed by atoms with van der Waals surface area (Å²) in [6.07, 6.45) is 1.37. The van der Waals surface area contributed by atoms with Gasteiger partial charge in [-0.3, -0.25) is 4.72 Å². The Hall–Kier alpha value is -2.59. The number of rotatable bonds is 3. The van der Waals surface area contributed by atoms with E-state index in [-0.39, 0.29) is 10.6 Å². The van der Waals surface area contributed by atoms with Crippen LogP contribution in [0.2, 0.25) is 0 Å². The van der Waals surface area contributed by atoms with Crippen LogP contribution in [-0.4, -0.2) is 13.4 Å². The maximum atomic E-state index is 12.4. The zero-order valence-corrected chi connectivity index (χ0v) is 12.4. The fourth-order valence-electron chi connectivity index (χ4n) is 1.87. The number of benzene rings is 1. The van der Waals surface area contributed by atoms with Crippen molar-refractivity contribution < 1.29 is 8.42 Å². The molecule has 2 aromatic rings. The van der Waals surface area contributed by atoms with E-state index in [1.54, 1.807) is 25.1 Å². The van der Waals surface area contributed by atoms with Crippen LogP contribution in [0.4, 0.5) is 11.4 Å². The third kappa shape index (κ3) is 2.80. The molecular weight excluding hydrogens is 288 g/mol. The summed E-state index contributed by atoms with van der Waals surface area (Å²) >= 11 is 0. The molecule has 7 heteroatoms. The lowest BCUT2D eigenvalue weighted by Crippen LogP contribution is -2.16. The SMILES string of the molecule is Cc1ccc(NS(=O)(=O)c2cccnc2C#N)c(C)c1N. The fourth-order valence-corrected chi connectivity index (χ4v) is 3.10. The first-order chi connectivity index (χ1) is 9.86. The molecule has 3 N–H and O–H groups in total. The van der Waals surface area contributed by atoms with Gasteiger partial charge in [0.2, 0.25) is 0 Å². The van der Waals surface area contributed by atoms with E-state index >= 15 is 0 Å². The van der Waals surface area contributed by atoms with Crippen molar-refractivity contribution in [3.63, 3.8) is 0 Å². The number of nitrogen functional groups attached to an aromatic ring is 1. The van der Waals surface area contributed by atoms with Crippen LogP contribution >= 0.6 is 0 Å². The summed E-state index contributed by atoms with van der Waals surface area (Å²) in [6.45, 7) is 3.57. The van der Waals surface area contributed by atoms with Gasteiger partial charge in [-0.05, 0) is 43.2 Å². The molecule has 0 saturated heterocycles. The Morgan fingerprint density at radius 2 is 2.00 bits per heavy atom. The van der Waals surface area contributed by atoms with Crippen LogP contribution in [0.1, 0.15) is 16.8 Å². The van der Waals surface area contributed by atoms with Crippen molar-refractivity contribution in [1.29, 1.82) is 5.26 Å². The topological polar surface area (TPSA) is 109 Å². The molecule has 0 fully saturated rings. The van der Waals surface area contributed by atoms with E-state index in [0.29, 0.717) is 16.9 Å². The monoisotopic (exact) mass is 302 g/mol. The molecule has 0 radical (unpaired) electrons. The Labute approximate surface area is 123 Å². The molecule has 0 spiro atoms. The Morgan fingerprint density at radius 3 is 2.67 bits per heavy atom. The van der Waals surface area contributed by atoms with Gasteiger partial charge in [-0.25, -0.2) is 13.4 Å². The van der Waals surface area contributed by atoms with E-state index in [9.17, 15) is 8.42 Å². The average Bonchev–Trinajstić information content (AvgIpc) is 2.48. The lowest BCUT2D eigenvalue weighted by Gasteiger charge is -2.13. The predicted octanol–water partition coefficient (Wildman–Crippen LogP) is 1.95. The van der Waals surface area contributed by atoms with Crippen molar-refractivity contribution in [2.24, 2.45) is 0 Å². The van der Waals surface area contributed by atoms with Gasteiger partial charge in [0.1, 0.15) is 11.0 Å². The summed E-state index contributed by atoms with van der Waals surface area (Å²) in [6, 6.07) is 7.94. The minimum atomic E-state index is -3.90. The molecule has 1 heterocycles. The van der Waals surface area contributed by atoms with Crippen molar-refractivity contribution in [3.8, 4) is 6.07 Å². The molecule has 2 rings (SSSR count). The number of nitrogens with one attached hydrogen (secondary N) is 1. The highest BCUT2D eigenvalue weighted by atomic mass is 32.2. The summed E-state index contributed by atoms with van der Waals surface area (Å²) in [4.78, 5) is 3.59. The minimum Gasteiger partial charge on any atom is -0.398 e. The van der Waals surface area contributed by atoms with E-state index in [1.165, 1.54) is 18.3 Å². The second kappa shape index (κ2) is 5.42. The maximum Gasteiger partial charge on any atom is 0.264 e. The number of nitrogens with zero attached hydrogens (tertiary/aromatic N) is 2. The number of hydrogen-bond acceptors (Lipinski definition) is 5. The Balaban J connectivity index is 2.48. The van der Waals surface area contributed by atoms with Crippen LogP contribution < -0.4 is 10.5 Å². The van der Waals surface area contributed by atoms with Crippen LogP contribution in [0.25, 0.3) is 0 Å². The zero-order valence-electron chi connectivity index (χ0n) is 11.6. The second-order valence-corrected chi connectivity index (χ2v) is 6.19. The fraction of sp³-hybridized carbons (Fsp3) is 0.143. The van der Waals surface area contributed by atoms with Crippen molar-refractivity contribution in [1.82, 2.24) is 4.98 Å². The maximum absolute atomic E-state index is 12.4. The normalized spacial score (nSPS) is 10.9. The molecule has 108 valence electrons. The predicted molar refractivity (Wildman–Crippen MR) is 80.1 cm³/mol. The molecule has 1 aromatic carbocycles. The number of hydrogen-bond donors (Lipinski definition) is 2. The van der Waals surface area contributed by atoms with Crippen molar-refractivity contribution >= 4 is 21.4 Å². The Bertz CT molecular complexity index is 839. The minimum absolute atomic E-state index is 0.150. The van der Waals surface area contributed by atoms with Crippen molar-refractivity contribution in [2.45, 2.75) is 18.7 Å². The molecule has 0 amide bonds. The van der Waals surface area contributed by atoms with Crippen LogP contribution in [0, 0.1) is 25.2 Å². The number of aromatic nitrogens is 1. The van der Waals surface area contributed by atoms with Crippen LogP contribution in [0.5, 0.6) is 0 Å². The lowest BCUT2D eigenvalue weighted by atomic mass is 10.1. The number of anilines is 2. The Morgan fingerprint density at radius 1 is 1.29 bits per heavy atom. The highest BCUT2D eigenvalue weighted by Crippen LogP contribution is 2.27. The summed E-state index contributed by atoms with van der Waals surface area (Å²) in [5, 5.41) is 8.96. The molecule has 0 saturated carbocycles. The molecule has 6 nitrogen and oxygen atoms in total. The first kappa shape index (κ1) is 14.8. The molecule has 0 aliphatic heterocycles. The average molecular weight is 302 g/mol. The number of pyridine rings is 1. The molecule has 0 bridgehead atoms. The summed E-state index contributed by atoms with van der Waals surface area (Å²) < 4.78 is 27.2. The largest absolute Gasteiger partial charge is 0.398 e. The van der Waals surface area contributed by atoms with Gasteiger partial charge in [0.15, 0.2) is 5.69 Å². The van der Waals surface area contributed by atoms with Gasteiger partial charge in [-0.1, -0.05) is 6.07 Å². The van der Waals surface area contributed by atoms with Gasteiger partial charge < -0.3 is 5.73 Å². The van der Waals surface area contributed by atoms with Gasteiger partial charge in [0.05, 0.1) is 5.69 Å². The van der Waals surface area contributed by atoms with E-state index < -0.39 is 10.0 Å². The van der Waals surface area contributed by atoms with E-state index in [4.69, 9.17) is 11.0 Å². The smallest absolute Gasteiger partial charge is 0.264 e. The molecular formula is C14H14N4O2S. The molecule has 0 atom stereocenters. The summed E-state index contributed by atoms with van der Waals surface area (Å²) in [7, 11) is -3.90. The molecule has 21 heavy (non-hydrogen) atoms. The number of sulfonamides is 1. The summed E-state index contributed by atoms with van der Waals surface area (Å²) in [5.41, 5.74) is 8.17. The van der Waals surface area contributed by atoms with Crippen molar-refractivity contribution in [3.05, 3.63) is 47.3 Å². The number of aryl methyl sites for hydroxylation is 1. The summed E-state index contributed by atoms with van der Waals surface area (Å²) in [5.74, 6) is 0. The van der Waals surface area contributed by atoms with Gasteiger partial charge >= 0.3 is 0 Å². The van der Waals surface area contributed by atoms with Gasteiger partial charge in [-0.15, -0.1) is 0 Å². The zero-order chi connectivity index (χ0) is 15.6. The number of nitrogens with two attached hydrogens (primary N) is 1. The highest BCUT2D eigenvalue weighted by molar-refractivity contribution is 7.92. The molecule has 0 aliphatic carbocycles. The number of nitriles is 1. The third-order valence-corrected chi connectivity index (χ3v) is 4.54. The van der Waals surface area contributed by atoms with Crippen LogP contribution in [0.3, 0.4) is 0 Å². The molecule has 1 aromatic heterocycles.